The number of aryl methyl sites for hydroxylation is 2. The fraction of sp³-hybridized carbons (Fsp3) is 0.238. The van der Waals surface area contributed by atoms with Crippen molar-refractivity contribution >= 4 is 46.0 Å². The van der Waals surface area contributed by atoms with Crippen molar-refractivity contribution in [2.24, 2.45) is 0 Å². The van der Waals surface area contributed by atoms with E-state index in [1.165, 1.54) is 0 Å². The number of carbonyl (C=O) groups excluding carboxylic acids is 2. The Morgan fingerprint density at radius 3 is 2.43 bits per heavy atom. The van der Waals surface area contributed by atoms with Gasteiger partial charge in [0, 0.05) is 17.0 Å². The summed E-state index contributed by atoms with van der Waals surface area (Å²) in [6, 6.07) is 9.93. The smallest absolute Gasteiger partial charge is 0.269 e. The van der Waals surface area contributed by atoms with E-state index in [0.717, 1.165) is 11.4 Å². The number of hydrazine groups is 1. The second-order valence-corrected chi connectivity index (χ2v) is 7.47. The van der Waals surface area contributed by atoms with E-state index >= 15 is 0 Å². The van der Waals surface area contributed by atoms with E-state index in [4.69, 9.17) is 27.9 Å². The maximum Gasteiger partial charge on any atom is 0.269 e. The summed E-state index contributed by atoms with van der Waals surface area (Å²) in [5, 5.41) is 0.927. The van der Waals surface area contributed by atoms with Crippen LogP contribution in [0.2, 0.25) is 10.0 Å². The first-order valence-corrected chi connectivity index (χ1v) is 10.0. The normalized spacial score (nSPS) is 10.7. The molecule has 0 aliphatic rings. The highest BCUT2D eigenvalue weighted by molar-refractivity contribution is 6.35. The van der Waals surface area contributed by atoms with Crippen LogP contribution < -0.4 is 15.6 Å². The third-order valence-electron chi connectivity index (χ3n) is 4.35. The van der Waals surface area contributed by atoms with Crippen LogP contribution in [0.25, 0.3) is 11.0 Å². The topological polar surface area (TPSA) is 93.2 Å². The maximum atomic E-state index is 12.3. The summed E-state index contributed by atoms with van der Waals surface area (Å²) in [6.07, 6.45) is 0.623. The molecular formula is C21H20Cl2N4O3. The van der Waals surface area contributed by atoms with Crippen molar-refractivity contribution in [3.8, 4) is 5.75 Å². The number of amides is 2. The number of nitrogens with one attached hydrogen (secondary N) is 2. The zero-order valence-electron chi connectivity index (χ0n) is 16.5. The van der Waals surface area contributed by atoms with Crippen molar-refractivity contribution < 1.29 is 14.3 Å². The molecule has 30 heavy (non-hydrogen) atoms. The minimum absolute atomic E-state index is 0.174. The van der Waals surface area contributed by atoms with Gasteiger partial charge in [-0.2, -0.15) is 0 Å². The molecule has 1 heterocycles. The molecule has 156 valence electrons. The summed E-state index contributed by atoms with van der Waals surface area (Å²) < 4.78 is 5.53. The summed E-state index contributed by atoms with van der Waals surface area (Å²) >= 11 is 11.9. The molecular weight excluding hydrogens is 427 g/mol. The number of fused-ring (bicyclic) bond motifs is 1. The zero-order chi connectivity index (χ0) is 21.7. The summed E-state index contributed by atoms with van der Waals surface area (Å²) in [5.41, 5.74) is 8.14. The molecule has 0 bridgehead atoms. The summed E-state index contributed by atoms with van der Waals surface area (Å²) in [5.74, 6) is -0.268. The Kier molecular flexibility index (Phi) is 7.07. The van der Waals surface area contributed by atoms with Crippen molar-refractivity contribution in [2.45, 2.75) is 26.7 Å². The molecule has 9 heteroatoms. The fourth-order valence-electron chi connectivity index (χ4n) is 2.64. The van der Waals surface area contributed by atoms with E-state index < -0.39 is 5.91 Å². The lowest BCUT2D eigenvalue weighted by Crippen LogP contribution is -2.41. The van der Waals surface area contributed by atoms with E-state index in [2.05, 4.69) is 20.8 Å². The van der Waals surface area contributed by atoms with E-state index in [1.54, 1.807) is 36.4 Å². The standard InChI is InChI=1S/C21H20Cl2N4O3/c1-12-13(2)25-18-10-14(5-7-17(18)24-12)21(29)27-26-20(28)4-3-9-30-19-8-6-15(22)11-16(19)23/h5-8,10-11H,3-4,9H2,1-2H3,(H,26,28)(H,27,29). The number of hydrogen-bond acceptors (Lipinski definition) is 5. The molecule has 3 aromatic rings. The van der Waals surface area contributed by atoms with E-state index in [9.17, 15) is 9.59 Å². The molecule has 0 fully saturated rings. The minimum atomic E-state index is -0.436. The first-order chi connectivity index (χ1) is 14.3. The van der Waals surface area contributed by atoms with Gasteiger partial charge in [0.2, 0.25) is 5.91 Å². The van der Waals surface area contributed by atoms with Crippen LogP contribution in [-0.4, -0.2) is 28.4 Å². The minimum Gasteiger partial charge on any atom is -0.492 e. The van der Waals surface area contributed by atoms with Crippen LogP contribution in [0.4, 0.5) is 0 Å². The Labute approximate surface area is 183 Å². The lowest BCUT2D eigenvalue weighted by atomic mass is 10.1. The average molecular weight is 447 g/mol. The highest BCUT2D eigenvalue weighted by Crippen LogP contribution is 2.27. The molecule has 0 spiro atoms. The van der Waals surface area contributed by atoms with E-state index in [-0.39, 0.29) is 12.3 Å². The van der Waals surface area contributed by atoms with Gasteiger partial charge >= 0.3 is 0 Å². The van der Waals surface area contributed by atoms with Crippen molar-refractivity contribution in [1.82, 2.24) is 20.8 Å². The van der Waals surface area contributed by atoms with Gasteiger partial charge in [0.1, 0.15) is 5.75 Å². The van der Waals surface area contributed by atoms with Gasteiger partial charge in [-0.15, -0.1) is 0 Å². The number of halogens is 2. The molecule has 0 radical (unpaired) electrons. The number of benzene rings is 2. The van der Waals surface area contributed by atoms with Crippen LogP contribution in [-0.2, 0) is 4.79 Å². The van der Waals surface area contributed by atoms with Crippen LogP contribution in [0.15, 0.2) is 36.4 Å². The van der Waals surface area contributed by atoms with Crippen LogP contribution >= 0.6 is 23.2 Å². The summed E-state index contributed by atoms with van der Waals surface area (Å²) in [4.78, 5) is 33.1. The Balaban J connectivity index is 1.45. The number of aromatic nitrogens is 2. The second-order valence-electron chi connectivity index (χ2n) is 6.63. The average Bonchev–Trinajstić information content (AvgIpc) is 2.71. The van der Waals surface area contributed by atoms with Gasteiger partial charge in [0.05, 0.1) is 34.1 Å². The maximum absolute atomic E-state index is 12.3. The van der Waals surface area contributed by atoms with Gasteiger partial charge in [-0.1, -0.05) is 23.2 Å². The predicted octanol–water partition coefficient (Wildman–Crippen LogP) is 4.17. The number of rotatable bonds is 6. The van der Waals surface area contributed by atoms with Crippen molar-refractivity contribution in [1.29, 1.82) is 0 Å². The first-order valence-electron chi connectivity index (χ1n) is 9.25. The Hall–Kier alpha value is -2.90. The van der Waals surface area contributed by atoms with Crippen molar-refractivity contribution in [2.75, 3.05) is 6.61 Å². The lowest BCUT2D eigenvalue weighted by Gasteiger charge is -2.10. The number of ether oxygens (including phenoxy) is 1. The summed E-state index contributed by atoms with van der Waals surface area (Å²) in [7, 11) is 0. The zero-order valence-corrected chi connectivity index (χ0v) is 18.0. The molecule has 0 saturated carbocycles. The van der Waals surface area contributed by atoms with Gasteiger partial charge in [-0.25, -0.2) is 9.97 Å². The second kappa shape index (κ2) is 9.73. The van der Waals surface area contributed by atoms with Crippen LogP contribution in [0.3, 0.4) is 0 Å². The highest BCUT2D eigenvalue weighted by Gasteiger charge is 2.10. The third-order valence-corrected chi connectivity index (χ3v) is 4.88. The summed E-state index contributed by atoms with van der Waals surface area (Å²) in [6.45, 7) is 4.04. The van der Waals surface area contributed by atoms with Crippen LogP contribution in [0.5, 0.6) is 5.75 Å². The van der Waals surface area contributed by atoms with Gasteiger partial charge in [-0.05, 0) is 56.7 Å². The first kappa shape index (κ1) is 21.8. The Bertz CT molecular complexity index is 1110. The fourth-order valence-corrected chi connectivity index (χ4v) is 3.10. The molecule has 3 rings (SSSR count). The number of hydrogen-bond donors (Lipinski definition) is 2. The van der Waals surface area contributed by atoms with Gasteiger partial charge in [-0.3, -0.25) is 20.4 Å². The Morgan fingerprint density at radius 2 is 1.70 bits per heavy atom. The molecule has 0 unspecified atom stereocenters. The number of carbonyl (C=O) groups is 2. The molecule has 7 nitrogen and oxygen atoms in total. The van der Waals surface area contributed by atoms with Gasteiger partial charge in [0.25, 0.3) is 5.91 Å². The monoisotopic (exact) mass is 446 g/mol. The van der Waals surface area contributed by atoms with Crippen molar-refractivity contribution in [3.63, 3.8) is 0 Å². The quantitative estimate of drug-likeness (QED) is 0.437. The van der Waals surface area contributed by atoms with Crippen molar-refractivity contribution in [3.05, 3.63) is 63.4 Å². The third kappa shape index (κ3) is 5.58. The SMILES string of the molecule is Cc1nc2ccc(C(=O)NNC(=O)CCCOc3ccc(Cl)cc3Cl)cc2nc1C. The van der Waals surface area contributed by atoms with Gasteiger partial charge in [0.15, 0.2) is 0 Å². The van der Waals surface area contributed by atoms with E-state index in [0.29, 0.717) is 45.4 Å². The lowest BCUT2D eigenvalue weighted by molar-refractivity contribution is -0.122. The van der Waals surface area contributed by atoms with Crippen LogP contribution in [0.1, 0.15) is 34.6 Å². The van der Waals surface area contributed by atoms with Gasteiger partial charge < -0.3 is 4.74 Å². The molecule has 2 aromatic carbocycles. The van der Waals surface area contributed by atoms with E-state index in [1.807, 2.05) is 13.8 Å². The largest absolute Gasteiger partial charge is 0.492 e. The highest BCUT2D eigenvalue weighted by atomic mass is 35.5. The molecule has 2 N–H and O–H groups in total. The molecule has 0 atom stereocenters. The van der Waals surface area contributed by atoms with Crippen LogP contribution in [0, 0.1) is 13.8 Å². The number of nitrogens with zero attached hydrogens (tertiary/aromatic N) is 2. The molecule has 1 aromatic heterocycles. The molecule has 2 amide bonds. The Morgan fingerprint density at radius 1 is 0.967 bits per heavy atom. The predicted molar refractivity (Wildman–Crippen MR) is 116 cm³/mol. The molecule has 0 aliphatic carbocycles. The molecule has 0 saturated heterocycles. The molecule has 0 aliphatic heterocycles.